The monoisotopic (exact) mass is 214 g/mol. The smallest absolute Gasteiger partial charge is 0.0507 e. The van der Waals surface area contributed by atoms with E-state index in [4.69, 9.17) is 0 Å². The van der Waals surface area contributed by atoms with Crippen LogP contribution in [0.3, 0.4) is 0 Å². The second-order valence-electron chi connectivity index (χ2n) is 4.03. The fourth-order valence-corrected chi connectivity index (χ4v) is 1.91. The van der Waals surface area contributed by atoms with Gasteiger partial charge in [0.05, 0.1) is 6.67 Å². The van der Waals surface area contributed by atoms with Crippen molar-refractivity contribution in [3.8, 4) is 0 Å². The number of rotatable bonds is 6. The van der Waals surface area contributed by atoms with E-state index in [1.807, 2.05) is 13.8 Å². The van der Waals surface area contributed by atoms with Gasteiger partial charge in [-0.15, -0.1) is 0 Å². The third-order valence-corrected chi connectivity index (χ3v) is 2.91. The fraction of sp³-hybridized carbons (Fsp3) is 1.00. The lowest BCUT2D eigenvalue weighted by atomic mass is 10.2. The van der Waals surface area contributed by atoms with Gasteiger partial charge in [0.25, 0.3) is 0 Å². The molecule has 0 N–H and O–H groups in total. The number of hydrogen-bond donors (Lipinski definition) is 0. The SMILES string of the molecule is CC.CCCCCCN1CCN(CC)C1. The summed E-state index contributed by atoms with van der Waals surface area (Å²) in [4.78, 5) is 5.10. The Labute approximate surface area is 96.6 Å². The molecular formula is C13H30N2. The van der Waals surface area contributed by atoms with Gasteiger partial charge >= 0.3 is 0 Å². The molecule has 0 unspecified atom stereocenters. The fourth-order valence-electron chi connectivity index (χ4n) is 1.91. The predicted octanol–water partition coefficient (Wildman–Crippen LogP) is 3.19. The molecule has 0 aromatic carbocycles. The molecule has 0 radical (unpaired) electrons. The Morgan fingerprint density at radius 2 is 1.53 bits per heavy atom. The van der Waals surface area contributed by atoms with E-state index in [1.54, 1.807) is 0 Å². The highest BCUT2D eigenvalue weighted by molar-refractivity contribution is 4.69. The summed E-state index contributed by atoms with van der Waals surface area (Å²) in [5, 5.41) is 0. The first-order valence-corrected chi connectivity index (χ1v) is 6.81. The summed E-state index contributed by atoms with van der Waals surface area (Å²) in [5.41, 5.74) is 0. The van der Waals surface area contributed by atoms with Crippen LogP contribution in [0.2, 0.25) is 0 Å². The highest BCUT2D eigenvalue weighted by Gasteiger charge is 2.16. The lowest BCUT2D eigenvalue weighted by molar-refractivity contribution is 0.249. The van der Waals surface area contributed by atoms with Crippen LogP contribution in [-0.4, -0.2) is 42.6 Å². The molecule has 1 saturated heterocycles. The first-order chi connectivity index (χ1) is 7.36. The van der Waals surface area contributed by atoms with Crippen LogP contribution in [0.4, 0.5) is 0 Å². The minimum Gasteiger partial charge on any atom is -0.289 e. The van der Waals surface area contributed by atoms with Crippen LogP contribution in [0.1, 0.15) is 53.4 Å². The summed E-state index contributed by atoms with van der Waals surface area (Å²) in [7, 11) is 0. The van der Waals surface area contributed by atoms with E-state index in [0.717, 1.165) is 0 Å². The second kappa shape index (κ2) is 10.4. The van der Waals surface area contributed by atoms with Crippen molar-refractivity contribution in [2.75, 3.05) is 32.8 Å². The van der Waals surface area contributed by atoms with E-state index in [-0.39, 0.29) is 0 Å². The molecule has 0 atom stereocenters. The second-order valence-corrected chi connectivity index (χ2v) is 4.03. The summed E-state index contributed by atoms with van der Waals surface area (Å²) in [5.74, 6) is 0. The van der Waals surface area contributed by atoms with Crippen molar-refractivity contribution < 1.29 is 0 Å². The molecule has 1 rings (SSSR count). The van der Waals surface area contributed by atoms with Crippen LogP contribution in [0.5, 0.6) is 0 Å². The molecule has 0 bridgehead atoms. The maximum Gasteiger partial charge on any atom is 0.0507 e. The third kappa shape index (κ3) is 6.91. The van der Waals surface area contributed by atoms with Gasteiger partial charge in [-0.1, -0.05) is 47.0 Å². The Morgan fingerprint density at radius 1 is 0.867 bits per heavy atom. The van der Waals surface area contributed by atoms with Crippen LogP contribution >= 0.6 is 0 Å². The molecule has 2 nitrogen and oxygen atoms in total. The maximum absolute atomic E-state index is 2.58. The molecule has 0 aromatic rings. The molecule has 1 heterocycles. The maximum atomic E-state index is 2.58. The zero-order valence-electron chi connectivity index (χ0n) is 11.3. The quantitative estimate of drug-likeness (QED) is 0.627. The lowest BCUT2D eigenvalue weighted by Gasteiger charge is -2.16. The van der Waals surface area contributed by atoms with Crippen molar-refractivity contribution >= 4 is 0 Å². The van der Waals surface area contributed by atoms with E-state index in [1.165, 1.54) is 58.5 Å². The van der Waals surface area contributed by atoms with Crippen LogP contribution in [0.25, 0.3) is 0 Å². The first kappa shape index (κ1) is 14.9. The van der Waals surface area contributed by atoms with Crippen molar-refractivity contribution in [1.29, 1.82) is 0 Å². The molecule has 15 heavy (non-hydrogen) atoms. The Hall–Kier alpha value is -0.0800. The third-order valence-electron chi connectivity index (χ3n) is 2.91. The largest absolute Gasteiger partial charge is 0.289 e. The van der Waals surface area contributed by atoms with Crippen LogP contribution in [0.15, 0.2) is 0 Å². The normalized spacial score (nSPS) is 17.6. The van der Waals surface area contributed by atoms with Crippen LogP contribution in [-0.2, 0) is 0 Å². The molecular weight excluding hydrogens is 184 g/mol. The molecule has 0 saturated carbocycles. The molecule has 1 aliphatic rings. The summed E-state index contributed by atoms with van der Waals surface area (Å²) >= 11 is 0. The minimum absolute atomic E-state index is 1.21. The van der Waals surface area contributed by atoms with Gasteiger partial charge in [-0.2, -0.15) is 0 Å². The zero-order chi connectivity index (χ0) is 11.5. The van der Waals surface area contributed by atoms with Crippen molar-refractivity contribution in [2.45, 2.75) is 53.4 Å². The van der Waals surface area contributed by atoms with Gasteiger partial charge < -0.3 is 0 Å². The Kier molecular flexibility index (Phi) is 10.4. The molecule has 92 valence electrons. The van der Waals surface area contributed by atoms with Gasteiger partial charge in [0.1, 0.15) is 0 Å². The van der Waals surface area contributed by atoms with Crippen molar-refractivity contribution in [2.24, 2.45) is 0 Å². The van der Waals surface area contributed by atoms with E-state index in [0.29, 0.717) is 0 Å². The number of nitrogens with zero attached hydrogens (tertiary/aromatic N) is 2. The van der Waals surface area contributed by atoms with Gasteiger partial charge in [-0.3, -0.25) is 9.80 Å². The van der Waals surface area contributed by atoms with E-state index >= 15 is 0 Å². The number of unbranched alkanes of at least 4 members (excludes halogenated alkanes) is 3. The molecule has 0 aromatic heterocycles. The standard InChI is InChI=1S/C11H24N2.C2H6/c1-3-5-6-7-8-13-10-9-12(4-2)11-13;1-2/h3-11H2,1-2H3;1-2H3. The Balaban J connectivity index is 0.000000921. The average Bonchev–Trinajstić information content (AvgIpc) is 2.75. The van der Waals surface area contributed by atoms with Gasteiger partial charge in [0.2, 0.25) is 0 Å². The summed E-state index contributed by atoms with van der Waals surface area (Å²) in [6, 6.07) is 0. The predicted molar refractivity (Wildman–Crippen MR) is 69.2 cm³/mol. The summed E-state index contributed by atoms with van der Waals surface area (Å²) < 4.78 is 0. The summed E-state index contributed by atoms with van der Waals surface area (Å²) in [6.45, 7) is 14.8. The van der Waals surface area contributed by atoms with Gasteiger partial charge in [-0.25, -0.2) is 0 Å². The van der Waals surface area contributed by atoms with Crippen molar-refractivity contribution in [1.82, 2.24) is 9.80 Å². The lowest BCUT2D eigenvalue weighted by Crippen LogP contribution is -2.26. The molecule has 1 aliphatic heterocycles. The van der Waals surface area contributed by atoms with Crippen molar-refractivity contribution in [3.63, 3.8) is 0 Å². The van der Waals surface area contributed by atoms with E-state index in [2.05, 4.69) is 23.6 Å². The molecule has 0 spiro atoms. The summed E-state index contributed by atoms with van der Waals surface area (Å²) in [6.07, 6.45) is 5.57. The average molecular weight is 214 g/mol. The number of hydrogen-bond acceptors (Lipinski definition) is 2. The Bertz CT molecular complexity index is 126. The van der Waals surface area contributed by atoms with Crippen LogP contribution in [0, 0.1) is 0 Å². The highest BCUT2D eigenvalue weighted by Crippen LogP contribution is 2.07. The topological polar surface area (TPSA) is 6.48 Å². The molecule has 0 aliphatic carbocycles. The molecule has 2 heteroatoms. The zero-order valence-corrected chi connectivity index (χ0v) is 11.3. The molecule has 0 amide bonds. The van der Waals surface area contributed by atoms with Gasteiger partial charge in [0.15, 0.2) is 0 Å². The van der Waals surface area contributed by atoms with Crippen molar-refractivity contribution in [3.05, 3.63) is 0 Å². The Morgan fingerprint density at radius 3 is 2.07 bits per heavy atom. The highest BCUT2D eigenvalue weighted by atomic mass is 15.4. The van der Waals surface area contributed by atoms with Gasteiger partial charge in [-0.05, 0) is 19.5 Å². The number of likely N-dealkylation sites (N-methyl/N-ethyl adjacent to an activating group) is 1. The first-order valence-electron chi connectivity index (χ1n) is 6.81. The van der Waals surface area contributed by atoms with E-state index in [9.17, 15) is 0 Å². The van der Waals surface area contributed by atoms with Gasteiger partial charge in [0, 0.05) is 13.1 Å². The molecule has 1 fully saturated rings. The van der Waals surface area contributed by atoms with Crippen LogP contribution < -0.4 is 0 Å². The minimum atomic E-state index is 1.21. The van der Waals surface area contributed by atoms with E-state index < -0.39 is 0 Å².